The molecule has 6 nitrogen and oxygen atoms in total. The van der Waals surface area contributed by atoms with Crippen molar-refractivity contribution in [3.05, 3.63) is 24.3 Å². The van der Waals surface area contributed by atoms with Crippen LogP contribution in [-0.4, -0.2) is 67.7 Å². The molecule has 2 amide bonds. The zero-order valence-electron chi connectivity index (χ0n) is 13.0. The van der Waals surface area contributed by atoms with Gasteiger partial charge in [-0.2, -0.15) is 13.2 Å². The molecule has 0 N–H and O–H groups in total. The molecule has 24 heavy (non-hydrogen) atoms. The molecule has 1 saturated heterocycles. The summed E-state index contributed by atoms with van der Waals surface area (Å²) < 4.78 is 47.6. The number of amides is 2. The maximum absolute atomic E-state index is 12.4. The van der Waals surface area contributed by atoms with Gasteiger partial charge < -0.3 is 19.3 Å². The summed E-state index contributed by atoms with van der Waals surface area (Å²) in [5, 5.41) is 0. The Morgan fingerprint density at radius 3 is 2.12 bits per heavy atom. The van der Waals surface area contributed by atoms with Crippen LogP contribution in [-0.2, 0) is 9.59 Å². The van der Waals surface area contributed by atoms with Crippen LogP contribution in [0.5, 0.6) is 11.5 Å². The van der Waals surface area contributed by atoms with E-state index in [0.717, 1.165) is 0 Å². The van der Waals surface area contributed by atoms with Crippen molar-refractivity contribution in [2.24, 2.45) is 0 Å². The van der Waals surface area contributed by atoms with E-state index in [1.807, 2.05) is 0 Å². The van der Waals surface area contributed by atoms with E-state index < -0.39 is 12.1 Å². The third-order valence-corrected chi connectivity index (χ3v) is 3.58. The molecule has 1 aliphatic rings. The molecule has 1 fully saturated rings. The van der Waals surface area contributed by atoms with E-state index in [0.29, 0.717) is 16.4 Å². The van der Waals surface area contributed by atoms with Crippen molar-refractivity contribution in [1.82, 2.24) is 9.80 Å². The molecule has 0 radical (unpaired) electrons. The van der Waals surface area contributed by atoms with Crippen LogP contribution in [0.15, 0.2) is 24.3 Å². The first-order chi connectivity index (χ1) is 11.3. The zero-order valence-corrected chi connectivity index (χ0v) is 13.0. The molecule has 0 atom stereocenters. The molecule has 0 aliphatic carbocycles. The first-order valence-corrected chi connectivity index (χ1v) is 7.22. The number of para-hydroxylation sites is 2. The Hall–Kier alpha value is -2.45. The van der Waals surface area contributed by atoms with E-state index in [1.165, 1.54) is 12.0 Å². The largest absolute Gasteiger partial charge is 0.493 e. The van der Waals surface area contributed by atoms with Crippen molar-refractivity contribution >= 4 is 11.8 Å². The van der Waals surface area contributed by atoms with Gasteiger partial charge in [0.25, 0.3) is 5.91 Å². The number of methoxy groups -OCH3 is 1. The highest BCUT2D eigenvalue weighted by Gasteiger charge is 2.43. The van der Waals surface area contributed by atoms with Crippen molar-refractivity contribution in [2.75, 3.05) is 39.9 Å². The second kappa shape index (κ2) is 7.41. The van der Waals surface area contributed by atoms with Gasteiger partial charge in [0.2, 0.25) is 0 Å². The van der Waals surface area contributed by atoms with E-state index in [-0.39, 0.29) is 38.7 Å². The van der Waals surface area contributed by atoms with Gasteiger partial charge in [0.15, 0.2) is 18.1 Å². The third-order valence-electron chi connectivity index (χ3n) is 3.58. The lowest BCUT2D eigenvalue weighted by molar-refractivity contribution is -0.187. The second-order valence-electron chi connectivity index (χ2n) is 5.11. The van der Waals surface area contributed by atoms with Gasteiger partial charge in [-0.25, -0.2) is 0 Å². The molecule has 9 heteroatoms. The number of benzene rings is 1. The van der Waals surface area contributed by atoms with Crippen molar-refractivity contribution in [2.45, 2.75) is 6.18 Å². The Kier molecular flexibility index (Phi) is 5.53. The minimum Gasteiger partial charge on any atom is -0.493 e. The number of carbonyl (C=O) groups excluding carboxylic acids is 2. The number of halogens is 3. The van der Waals surface area contributed by atoms with Gasteiger partial charge in [-0.15, -0.1) is 0 Å². The van der Waals surface area contributed by atoms with Gasteiger partial charge >= 0.3 is 12.1 Å². The molecule has 1 heterocycles. The molecule has 1 aromatic rings. The number of piperazine rings is 1. The predicted octanol–water partition coefficient (Wildman–Crippen LogP) is 1.31. The molecule has 0 unspecified atom stereocenters. The van der Waals surface area contributed by atoms with Gasteiger partial charge in [-0.3, -0.25) is 9.59 Å². The van der Waals surface area contributed by atoms with Gasteiger partial charge in [0.05, 0.1) is 7.11 Å². The molecule has 1 aliphatic heterocycles. The first-order valence-electron chi connectivity index (χ1n) is 7.22. The van der Waals surface area contributed by atoms with Gasteiger partial charge in [0, 0.05) is 26.2 Å². The molecule has 132 valence electrons. The smallest absolute Gasteiger partial charge is 0.471 e. The lowest BCUT2D eigenvalue weighted by atomic mass is 10.3. The van der Waals surface area contributed by atoms with E-state index in [4.69, 9.17) is 9.47 Å². The van der Waals surface area contributed by atoms with Crippen molar-refractivity contribution < 1.29 is 32.2 Å². The van der Waals surface area contributed by atoms with Crippen LogP contribution in [0.1, 0.15) is 0 Å². The third kappa shape index (κ3) is 4.30. The number of hydrogen-bond acceptors (Lipinski definition) is 4. The fourth-order valence-corrected chi connectivity index (χ4v) is 2.31. The Balaban J connectivity index is 1.84. The van der Waals surface area contributed by atoms with E-state index in [2.05, 4.69) is 0 Å². The molecule has 2 rings (SSSR count). The average Bonchev–Trinajstić information content (AvgIpc) is 2.58. The fourth-order valence-electron chi connectivity index (χ4n) is 2.31. The number of alkyl halides is 3. The number of rotatable bonds is 4. The lowest BCUT2D eigenvalue weighted by Gasteiger charge is -2.34. The zero-order chi connectivity index (χ0) is 17.7. The molecule has 0 aromatic heterocycles. The SMILES string of the molecule is COc1ccccc1OCC(=O)N1CCN(C(=O)C(F)(F)F)CC1. The van der Waals surface area contributed by atoms with Crippen LogP contribution < -0.4 is 9.47 Å². The Labute approximate surface area is 136 Å². The number of ether oxygens (including phenoxy) is 2. The summed E-state index contributed by atoms with van der Waals surface area (Å²) in [5.74, 6) is -1.36. The van der Waals surface area contributed by atoms with Crippen molar-refractivity contribution in [1.29, 1.82) is 0 Å². The molecule has 0 spiro atoms. The highest BCUT2D eigenvalue weighted by molar-refractivity contribution is 5.82. The number of carbonyl (C=O) groups is 2. The molecular formula is C15H17F3N2O4. The van der Waals surface area contributed by atoms with Gasteiger partial charge in [-0.1, -0.05) is 12.1 Å². The normalized spacial score (nSPS) is 15.2. The van der Waals surface area contributed by atoms with Crippen LogP contribution in [0, 0.1) is 0 Å². The maximum atomic E-state index is 12.4. The fraction of sp³-hybridized carbons (Fsp3) is 0.467. The summed E-state index contributed by atoms with van der Waals surface area (Å²) in [4.78, 5) is 25.3. The maximum Gasteiger partial charge on any atom is 0.471 e. The van der Waals surface area contributed by atoms with Crippen LogP contribution in [0.25, 0.3) is 0 Å². The first kappa shape index (κ1) is 17.9. The molecular weight excluding hydrogens is 329 g/mol. The summed E-state index contributed by atoms with van der Waals surface area (Å²) in [6.45, 7) is -0.489. The van der Waals surface area contributed by atoms with Gasteiger partial charge in [0.1, 0.15) is 0 Å². The summed E-state index contributed by atoms with van der Waals surface area (Å²) >= 11 is 0. The topological polar surface area (TPSA) is 59.1 Å². The van der Waals surface area contributed by atoms with Crippen LogP contribution in [0.2, 0.25) is 0 Å². The van der Waals surface area contributed by atoms with Gasteiger partial charge in [-0.05, 0) is 12.1 Å². The highest BCUT2D eigenvalue weighted by Crippen LogP contribution is 2.25. The standard InChI is InChI=1S/C15H17F3N2O4/c1-23-11-4-2-3-5-12(11)24-10-13(21)19-6-8-20(9-7-19)14(22)15(16,17)18/h2-5H,6-10H2,1H3. The summed E-state index contributed by atoms with van der Waals surface area (Å²) in [6, 6.07) is 6.81. The number of hydrogen-bond donors (Lipinski definition) is 0. The monoisotopic (exact) mass is 346 g/mol. The molecule has 1 aromatic carbocycles. The summed E-state index contributed by atoms with van der Waals surface area (Å²) in [5.41, 5.74) is 0. The molecule has 0 bridgehead atoms. The molecule has 0 saturated carbocycles. The quantitative estimate of drug-likeness (QED) is 0.825. The predicted molar refractivity (Wildman–Crippen MR) is 77.7 cm³/mol. The van der Waals surface area contributed by atoms with Crippen LogP contribution in [0.4, 0.5) is 13.2 Å². The van der Waals surface area contributed by atoms with E-state index in [9.17, 15) is 22.8 Å². The summed E-state index contributed by atoms with van der Waals surface area (Å²) in [6.07, 6.45) is -4.89. The van der Waals surface area contributed by atoms with Crippen molar-refractivity contribution in [3.8, 4) is 11.5 Å². The second-order valence-corrected chi connectivity index (χ2v) is 5.11. The van der Waals surface area contributed by atoms with E-state index in [1.54, 1.807) is 24.3 Å². The Morgan fingerprint density at radius 1 is 1.04 bits per heavy atom. The van der Waals surface area contributed by atoms with Crippen LogP contribution >= 0.6 is 0 Å². The highest BCUT2D eigenvalue weighted by atomic mass is 19.4. The minimum atomic E-state index is -4.89. The van der Waals surface area contributed by atoms with Crippen molar-refractivity contribution in [3.63, 3.8) is 0 Å². The Bertz CT molecular complexity index is 599. The van der Waals surface area contributed by atoms with Crippen LogP contribution in [0.3, 0.4) is 0 Å². The number of nitrogens with zero attached hydrogens (tertiary/aromatic N) is 2. The lowest BCUT2D eigenvalue weighted by Crippen LogP contribution is -2.54. The summed E-state index contributed by atoms with van der Waals surface area (Å²) in [7, 11) is 1.47. The van der Waals surface area contributed by atoms with E-state index >= 15 is 0 Å². The minimum absolute atomic E-state index is 0.0376. The average molecular weight is 346 g/mol. The Morgan fingerprint density at radius 2 is 1.58 bits per heavy atom.